The second-order valence-electron chi connectivity index (χ2n) is 5.66. The van der Waals surface area contributed by atoms with Crippen LogP contribution in [0.1, 0.15) is 21.6 Å². The number of benzene rings is 2. The maximum absolute atomic E-state index is 12.8. The lowest BCUT2D eigenvalue weighted by atomic mass is 10.2. The maximum Gasteiger partial charge on any atom is 0.449 e. The van der Waals surface area contributed by atoms with Crippen LogP contribution in [0, 0.1) is 12.3 Å². The normalized spacial score (nSPS) is 11.1. The maximum atomic E-state index is 12.8. The molecule has 1 heterocycles. The summed E-state index contributed by atoms with van der Waals surface area (Å²) in [6.45, 7) is 1.55. The third-order valence-corrected chi connectivity index (χ3v) is 3.84. The number of carbonyl (C=O) groups is 1. The number of diazo groups is 1. The van der Waals surface area contributed by atoms with Gasteiger partial charge in [-0.15, -0.1) is 0 Å². The van der Waals surface area contributed by atoms with E-state index in [0.717, 1.165) is 12.1 Å². The summed E-state index contributed by atoms with van der Waals surface area (Å²) in [6, 6.07) is 12.6. The number of nitrogens with one attached hydrogen (secondary N) is 1. The Morgan fingerprint density at radius 2 is 1.74 bits per heavy atom. The molecule has 9 heteroatoms. The number of halogens is 3. The summed E-state index contributed by atoms with van der Waals surface area (Å²) in [7, 11) is 0. The first-order chi connectivity index (χ1) is 12.8. The second-order valence-corrected chi connectivity index (χ2v) is 5.66. The second kappa shape index (κ2) is 6.92. The fourth-order valence-electron chi connectivity index (χ4n) is 2.50. The Morgan fingerprint density at radius 1 is 1.11 bits per heavy atom. The number of aromatic nitrogens is 2. The molecule has 0 fully saturated rings. The van der Waals surface area contributed by atoms with Crippen LogP contribution in [-0.4, -0.2) is 15.7 Å². The average Bonchev–Trinajstić information content (AvgIpc) is 2.97. The molecule has 0 atom stereocenters. The molecule has 1 amide bonds. The predicted octanol–water partition coefficient (Wildman–Crippen LogP) is 4.94. The summed E-state index contributed by atoms with van der Waals surface area (Å²) in [5, 5.41) is 16.0. The van der Waals surface area contributed by atoms with Crippen molar-refractivity contribution in [3.05, 3.63) is 76.4 Å². The number of aryl methyl sites for hydroxylation is 1. The predicted molar refractivity (Wildman–Crippen MR) is 92.4 cm³/mol. The molecule has 2 aromatic carbocycles. The molecule has 1 N–H and O–H groups in total. The largest absolute Gasteiger partial charge is 0.449 e. The minimum atomic E-state index is -4.46. The summed E-state index contributed by atoms with van der Waals surface area (Å²) >= 11 is 0. The lowest BCUT2D eigenvalue weighted by molar-refractivity contribution is -0.137. The van der Waals surface area contributed by atoms with Crippen LogP contribution >= 0.6 is 0 Å². The van der Waals surface area contributed by atoms with Crippen molar-refractivity contribution >= 4 is 17.4 Å². The van der Waals surface area contributed by atoms with E-state index in [1.54, 1.807) is 37.3 Å². The van der Waals surface area contributed by atoms with Crippen molar-refractivity contribution in [1.82, 2.24) is 9.78 Å². The van der Waals surface area contributed by atoms with Gasteiger partial charge in [0.2, 0.25) is 11.2 Å². The first-order valence-corrected chi connectivity index (χ1v) is 7.80. The highest BCUT2D eigenvalue weighted by Gasteiger charge is 2.31. The Hall–Kier alpha value is -3.67. The van der Waals surface area contributed by atoms with Gasteiger partial charge in [-0.3, -0.25) is 10.1 Å². The van der Waals surface area contributed by atoms with E-state index in [9.17, 15) is 23.4 Å². The van der Waals surface area contributed by atoms with E-state index >= 15 is 0 Å². The van der Waals surface area contributed by atoms with E-state index in [1.807, 2.05) is 0 Å². The van der Waals surface area contributed by atoms with Crippen LogP contribution in [0.25, 0.3) is 10.7 Å². The quantitative estimate of drug-likeness (QED) is 0.662. The highest BCUT2D eigenvalue weighted by molar-refractivity contribution is 6.05. The van der Waals surface area contributed by atoms with Gasteiger partial charge in [0.1, 0.15) is 0 Å². The Labute approximate surface area is 151 Å². The standard InChI is InChI=1S/C18H12F3N5O/c1-11-15(24-22)16(23-17(27)12-5-3-2-4-6-12)26(25-11)14-9-7-13(8-10-14)18(19,20)21/h2-10H,1H3/p+1. The molecule has 3 aromatic rings. The number of anilines is 1. The van der Waals surface area contributed by atoms with Gasteiger partial charge in [-0.2, -0.15) is 18.3 Å². The molecule has 0 aliphatic carbocycles. The number of amides is 1. The zero-order chi connectivity index (χ0) is 19.6. The Kier molecular flexibility index (Phi) is 4.64. The van der Waals surface area contributed by atoms with Gasteiger partial charge in [-0.05, 0) is 43.3 Å². The molecule has 0 radical (unpaired) electrons. The SMILES string of the molecule is Cc1nn(-c2ccc(C(F)(F)F)cc2)c(NC(=O)c2ccccc2)c1[N+]#N. The first kappa shape index (κ1) is 18.1. The van der Waals surface area contributed by atoms with Gasteiger partial charge in [0.05, 0.1) is 11.3 Å². The van der Waals surface area contributed by atoms with Crippen molar-refractivity contribution in [2.24, 2.45) is 0 Å². The minimum Gasteiger partial charge on any atom is -0.300 e. The molecule has 0 spiro atoms. The van der Waals surface area contributed by atoms with Crippen LogP contribution in [0.3, 0.4) is 0 Å². The van der Waals surface area contributed by atoms with Gasteiger partial charge in [-0.25, -0.2) is 4.68 Å². The van der Waals surface area contributed by atoms with E-state index in [0.29, 0.717) is 11.3 Å². The molecule has 0 unspecified atom stereocenters. The first-order valence-electron chi connectivity index (χ1n) is 7.80. The van der Waals surface area contributed by atoms with Crippen molar-refractivity contribution < 1.29 is 18.0 Å². The van der Waals surface area contributed by atoms with Gasteiger partial charge in [0.15, 0.2) is 10.7 Å². The molecule has 1 aromatic heterocycles. The van der Waals surface area contributed by atoms with E-state index in [1.165, 1.54) is 16.8 Å². The molecule has 3 rings (SSSR count). The topological polar surface area (TPSA) is 75.1 Å². The number of carbonyl (C=O) groups excluding carboxylic acids is 1. The third kappa shape index (κ3) is 3.64. The number of hydrogen-bond donors (Lipinski definition) is 1. The number of alkyl halides is 3. The van der Waals surface area contributed by atoms with Crippen LogP contribution in [-0.2, 0) is 6.18 Å². The van der Waals surface area contributed by atoms with Gasteiger partial charge >= 0.3 is 11.9 Å². The fourth-order valence-corrected chi connectivity index (χ4v) is 2.50. The third-order valence-electron chi connectivity index (χ3n) is 3.84. The van der Waals surface area contributed by atoms with Crippen molar-refractivity contribution in [3.63, 3.8) is 0 Å². The molecule has 0 bridgehead atoms. The van der Waals surface area contributed by atoms with Crippen LogP contribution in [0.4, 0.5) is 24.7 Å². The van der Waals surface area contributed by atoms with Crippen LogP contribution in [0.15, 0.2) is 54.6 Å². The van der Waals surface area contributed by atoms with Gasteiger partial charge < -0.3 is 0 Å². The summed E-state index contributed by atoms with van der Waals surface area (Å²) in [5.74, 6) is -0.433. The average molecular weight is 372 g/mol. The van der Waals surface area contributed by atoms with Crippen LogP contribution < -0.4 is 5.32 Å². The Bertz CT molecular complexity index is 1020. The zero-order valence-corrected chi connectivity index (χ0v) is 14.0. The summed E-state index contributed by atoms with van der Waals surface area (Å²) in [4.78, 5) is 15.6. The van der Waals surface area contributed by atoms with Crippen molar-refractivity contribution in [3.8, 4) is 5.69 Å². The molecular formula is C18H13F3N5O+. The van der Waals surface area contributed by atoms with Crippen molar-refractivity contribution in [1.29, 1.82) is 5.39 Å². The van der Waals surface area contributed by atoms with Crippen LogP contribution in [0.2, 0.25) is 0 Å². The number of nitrogens with zero attached hydrogens (tertiary/aromatic N) is 4. The monoisotopic (exact) mass is 372 g/mol. The molecule has 0 aliphatic rings. The van der Waals surface area contributed by atoms with Gasteiger partial charge in [0.25, 0.3) is 5.91 Å². The molecule has 0 saturated carbocycles. The van der Waals surface area contributed by atoms with Crippen molar-refractivity contribution in [2.45, 2.75) is 13.1 Å². The summed E-state index contributed by atoms with van der Waals surface area (Å²) in [6.07, 6.45) is -4.46. The van der Waals surface area contributed by atoms with Gasteiger partial charge in [0, 0.05) is 5.56 Å². The van der Waals surface area contributed by atoms with E-state index in [4.69, 9.17) is 0 Å². The molecule has 0 saturated heterocycles. The molecule has 136 valence electrons. The van der Waals surface area contributed by atoms with E-state index in [-0.39, 0.29) is 17.2 Å². The minimum absolute atomic E-state index is 0.0131. The van der Waals surface area contributed by atoms with E-state index in [2.05, 4.69) is 15.4 Å². The lowest BCUT2D eigenvalue weighted by Gasteiger charge is -2.10. The van der Waals surface area contributed by atoms with Gasteiger partial charge in [-0.1, -0.05) is 18.2 Å². The lowest BCUT2D eigenvalue weighted by Crippen LogP contribution is -2.15. The van der Waals surface area contributed by atoms with Crippen LogP contribution in [0.5, 0.6) is 0 Å². The number of hydrogen-bond acceptors (Lipinski definition) is 3. The van der Waals surface area contributed by atoms with Crippen molar-refractivity contribution in [2.75, 3.05) is 5.32 Å². The summed E-state index contributed by atoms with van der Waals surface area (Å²) < 4.78 is 39.5. The fraction of sp³-hybridized carbons (Fsp3) is 0.111. The highest BCUT2D eigenvalue weighted by atomic mass is 19.4. The molecule has 27 heavy (non-hydrogen) atoms. The Balaban J connectivity index is 2.02. The molecule has 6 nitrogen and oxygen atoms in total. The number of rotatable bonds is 3. The smallest absolute Gasteiger partial charge is 0.300 e. The van der Waals surface area contributed by atoms with E-state index < -0.39 is 17.6 Å². The highest BCUT2D eigenvalue weighted by Crippen LogP contribution is 2.33. The summed E-state index contributed by atoms with van der Waals surface area (Å²) in [5.41, 5.74) is 0.126. The molecule has 0 aliphatic heterocycles. The zero-order valence-electron chi connectivity index (χ0n) is 14.0. The molecular weight excluding hydrogens is 359 g/mol. The Morgan fingerprint density at radius 3 is 2.30 bits per heavy atom.